The summed E-state index contributed by atoms with van der Waals surface area (Å²) in [5.41, 5.74) is 0.803. The van der Waals surface area contributed by atoms with Gasteiger partial charge in [0.2, 0.25) is 0 Å². The van der Waals surface area contributed by atoms with Gasteiger partial charge in [-0.15, -0.1) is 0 Å². The fourth-order valence-corrected chi connectivity index (χ4v) is 3.93. The minimum absolute atomic E-state index is 0.175. The zero-order chi connectivity index (χ0) is 14.4. The van der Waals surface area contributed by atoms with Gasteiger partial charge in [0.25, 0.3) is 5.91 Å². The summed E-state index contributed by atoms with van der Waals surface area (Å²) < 4.78 is 1.06. The Morgan fingerprint density at radius 3 is 2.48 bits per heavy atom. The molecule has 1 amide bonds. The van der Waals surface area contributed by atoms with Crippen LogP contribution in [0.1, 0.15) is 10.4 Å². The van der Waals surface area contributed by atoms with Crippen molar-refractivity contribution >= 4 is 32.6 Å². The van der Waals surface area contributed by atoms with E-state index in [0.29, 0.717) is 11.8 Å². The molecule has 2 heterocycles. The highest BCUT2D eigenvalue weighted by Gasteiger charge is 2.38. The molecule has 2 fully saturated rings. The number of carbonyl (C=O) groups excluding carboxylic acids is 1. The first-order valence-corrected chi connectivity index (χ1v) is 8.19. The summed E-state index contributed by atoms with van der Waals surface area (Å²) in [6, 6.07) is 12.1. The first-order chi connectivity index (χ1) is 10.2. The normalized spacial score (nSPS) is 24.5. The van der Waals surface area contributed by atoms with Gasteiger partial charge in [0.1, 0.15) is 0 Å². The van der Waals surface area contributed by atoms with E-state index in [-0.39, 0.29) is 5.91 Å². The monoisotopic (exact) mass is 344 g/mol. The largest absolute Gasteiger partial charge is 0.338 e. The number of fused-ring (bicyclic) bond motifs is 2. The summed E-state index contributed by atoms with van der Waals surface area (Å²) in [5, 5.41) is 5.68. The maximum atomic E-state index is 12.7. The fraction of sp³-hybridized carbons (Fsp3) is 0.353. The summed E-state index contributed by atoms with van der Waals surface area (Å²) in [7, 11) is 0. The molecule has 0 spiro atoms. The molecule has 3 nitrogen and oxygen atoms in total. The fourth-order valence-electron chi connectivity index (χ4n) is 3.55. The van der Waals surface area contributed by atoms with Gasteiger partial charge in [0.15, 0.2) is 0 Å². The van der Waals surface area contributed by atoms with E-state index in [0.717, 1.165) is 47.0 Å². The lowest BCUT2D eigenvalue weighted by Gasteiger charge is -2.17. The predicted molar refractivity (Wildman–Crippen MR) is 87.4 cm³/mol. The molecule has 0 saturated carbocycles. The third-order valence-corrected chi connectivity index (χ3v) is 5.22. The van der Waals surface area contributed by atoms with Gasteiger partial charge in [0.05, 0.1) is 0 Å². The van der Waals surface area contributed by atoms with Crippen LogP contribution in [0.2, 0.25) is 0 Å². The van der Waals surface area contributed by atoms with Crippen molar-refractivity contribution in [2.45, 2.75) is 0 Å². The van der Waals surface area contributed by atoms with E-state index >= 15 is 0 Å². The average molecular weight is 345 g/mol. The lowest BCUT2D eigenvalue weighted by atomic mass is 10.0. The topological polar surface area (TPSA) is 32.3 Å². The van der Waals surface area contributed by atoms with Gasteiger partial charge >= 0.3 is 0 Å². The zero-order valence-corrected chi connectivity index (χ0v) is 13.3. The number of hydrogen-bond donors (Lipinski definition) is 1. The lowest BCUT2D eigenvalue weighted by molar-refractivity contribution is 0.0782. The van der Waals surface area contributed by atoms with E-state index in [1.807, 2.05) is 29.2 Å². The van der Waals surface area contributed by atoms with E-state index in [9.17, 15) is 4.79 Å². The van der Waals surface area contributed by atoms with E-state index < -0.39 is 0 Å². The van der Waals surface area contributed by atoms with Crippen molar-refractivity contribution in [2.24, 2.45) is 11.8 Å². The molecule has 0 aliphatic carbocycles. The Labute approximate surface area is 132 Å². The first kappa shape index (κ1) is 13.3. The molecule has 4 heteroatoms. The molecule has 0 unspecified atom stereocenters. The molecule has 2 atom stereocenters. The number of benzene rings is 2. The van der Waals surface area contributed by atoms with Gasteiger partial charge in [-0.3, -0.25) is 4.79 Å². The number of carbonyl (C=O) groups is 1. The number of likely N-dealkylation sites (tertiary alicyclic amines) is 1. The highest BCUT2D eigenvalue weighted by atomic mass is 79.9. The SMILES string of the molecule is O=C(c1ccc2cc(Br)ccc2c1)N1C[C@H]2CNC[C@H]2C1. The molecule has 0 bridgehead atoms. The summed E-state index contributed by atoms with van der Waals surface area (Å²) in [4.78, 5) is 14.7. The maximum absolute atomic E-state index is 12.7. The van der Waals surface area contributed by atoms with Crippen LogP contribution in [0.4, 0.5) is 0 Å². The Kier molecular flexibility index (Phi) is 3.23. The smallest absolute Gasteiger partial charge is 0.253 e. The van der Waals surface area contributed by atoms with E-state index in [1.54, 1.807) is 0 Å². The summed E-state index contributed by atoms with van der Waals surface area (Å²) in [6.45, 7) is 3.91. The molecule has 2 saturated heterocycles. The Morgan fingerprint density at radius 1 is 1.05 bits per heavy atom. The molecule has 1 N–H and O–H groups in total. The number of halogens is 1. The first-order valence-electron chi connectivity index (χ1n) is 7.40. The minimum Gasteiger partial charge on any atom is -0.338 e. The highest BCUT2D eigenvalue weighted by Crippen LogP contribution is 2.28. The molecule has 21 heavy (non-hydrogen) atoms. The Balaban J connectivity index is 1.61. The van der Waals surface area contributed by atoms with Crippen molar-refractivity contribution in [3.8, 4) is 0 Å². The third kappa shape index (κ3) is 2.36. The van der Waals surface area contributed by atoms with Crippen LogP contribution in [0, 0.1) is 11.8 Å². The van der Waals surface area contributed by atoms with Crippen molar-refractivity contribution in [2.75, 3.05) is 26.2 Å². The van der Waals surface area contributed by atoms with Crippen molar-refractivity contribution in [3.05, 3.63) is 46.4 Å². The Bertz CT molecular complexity index is 703. The van der Waals surface area contributed by atoms with Crippen LogP contribution in [0.5, 0.6) is 0 Å². The Hall–Kier alpha value is -1.39. The van der Waals surface area contributed by atoms with Crippen LogP contribution in [0.3, 0.4) is 0 Å². The highest BCUT2D eigenvalue weighted by molar-refractivity contribution is 9.10. The third-order valence-electron chi connectivity index (χ3n) is 4.73. The number of rotatable bonds is 1. The van der Waals surface area contributed by atoms with Crippen LogP contribution in [-0.2, 0) is 0 Å². The lowest BCUT2D eigenvalue weighted by Crippen LogP contribution is -2.31. The quantitative estimate of drug-likeness (QED) is 0.862. The van der Waals surface area contributed by atoms with Crippen molar-refractivity contribution in [3.63, 3.8) is 0 Å². The maximum Gasteiger partial charge on any atom is 0.253 e. The van der Waals surface area contributed by atoms with Gasteiger partial charge in [-0.1, -0.05) is 28.1 Å². The van der Waals surface area contributed by atoms with E-state index in [4.69, 9.17) is 0 Å². The van der Waals surface area contributed by atoms with Gasteiger partial charge in [-0.05, 0) is 46.9 Å². The van der Waals surface area contributed by atoms with Crippen LogP contribution < -0.4 is 5.32 Å². The standard InChI is InChI=1S/C17H17BrN2O/c18-16-4-3-11-5-13(2-1-12(11)6-16)17(21)20-9-14-7-19-8-15(14)10-20/h1-6,14-15,19H,7-10H2/t14-,15+. The second kappa shape index (κ2) is 5.11. The minimum atomic E-state index is 0.175. The molecule has 2 aromatic rings. The van der Waals surface area contributed by atoms with Crippen LogP contribution in [0.25, 0.3) is 10.8 Å². The summed E-state index contributed by atoms with van der Waals surface area (Å²) >= 11 is 3.48. The van der Waals surface area contributed by atoms with Gasteiger partial charge in [-0.25, -0.2) is 0 Å². The molecule has 0 aromatic heterocycles. The second-order valence-corrected chi connectivity index (χ2v) is 7.01. The predicted octanol–water partition coefficient (Wildman–Crippen LogP) is 2.89. The van der Waals surface area contributed by atoms with Gasteiger partial charge in [0, 0.05) is 36.2 Å². The second-order valence-electron chi connectivity index (χ2n) is 6.09. The van der Waals surface area contributed by atoms with Crippen LogP contribution in [0.15, 0.2) is 40.9 Å². The van der Waals surface area contributed by atoms with Crippen molar-refractivity contribution in [1.82, 2.24) is 10.2 Å². The van der Waals surface area contributed by atoms with E-state index in [1.165, 1.54) is 0 Å². The molecular weight excluding hydrogens is 328 g/mol. The number of nitrogens with one attached hydrogen (secondary N) is 1. The summed E-state index contributed by atoms with van der Waals surface area (Å²) in [6.07, 6.45) is 0. The molecule has 2 aromatic carbocycles. The van der Waals surface area contributed by atoms with Gasteiger partial charge < -0.3 is 10.2 Å². The summed E-state index contributed by atoms with van der Waals surface area (Å²) in [5.74, 6) is 1.46. The molecule has 108 valence electrons. The molecule has 4 rings (SSSR count). The molecular formula is C17H17BrN2O. The molecule has 2 aliphatic heterocycles. The van der Waals surface area contributed by atoms with Gasteiger partial charge in [-0.2, -0.15) is 0 Å². The molecule has 0 radical (unpaired) electrons. The Morgan fingerprint density at radius 2 is 1.71 bits per heavy atom. The number of hydrogen-bond acceptors (Lipinski definition) is 2. The zero-order valence-electron chi connectivity index (χ0n) is 11.7. The average Bonchev–Trinajstić information content (AvgIpc) is 3.07. The van der Waals surface area contributed by atoms with Crippen molar-refractivity contribution in [1.29, 1.82) is 0 Å². The van der Waals surface area contributed by atoms with Crippen LogP contribution in [-0.4, -0.2) is 37.0 Å². The van der Waals surface area contributed by atoms with Crippen LogP contribution >= 0.6 is 15.9 Å². The molecule has 2 aliphatic rings. The van der Waals surface area contributed by atoms with E-state index in [2.05, 4.69) is 33.4 Å². The number of nitrogens with zero attached hydrogens (tertiary/aromatic N) is 1. The van der Waals surface area contributed by atoms with Crippen molar-refractivity contribution < 1.29 is 4.79 Å². The number of amides is 1.